The topological polar surface area (TPSA) is 30.5 Å². The van der Waals surface area contributed by atoms with Crippen LogP contribution in [0.25, 0.3) is 0 Å². The van der Waals surface area contributed by atoms with Crippen LogP contribution >= 0.6 is 0 Å². The summed E-state index contributed by atoms with van der Waals surface area (Å²) in [6.45, 7) is 8.61. The van der Waals surface area contributed by atoms with E-state index >= 15 is 0 Å². The second-order valence-corrected chi connectivity index (χ2v) is 5.42. The van der Waals surface area contributed by atoms with Crippen molar-refractivity contribution in [3.8, 4) is 5.75 Å². The summed E-state index contributed by atoms with van der Waals surface area (Å²) >= 11 is 0. The maximum Gasteiger partial charge on any atom is 0.127 e. The van der Waals surface area contributed by atoms with Crippen LogP contribution in [0, 0.1) is 0 Å². The molecule has 1 N–H and O–H groups in total. The Labute approximate surface area is 110 Å². The van der Waals surface area contributed by atoms with Crippen molar-refractivity contribution < 1.29 is 9.47 Å². The van der Waals surface area contributed by atoms with E-state index in [1.165, 1.54) is 11.1 Å². The summed E-state index contributed by atoms with van der Waals surface area (Å²) in [4.78, 5) is 0. The molecule has 1 rings (SSSR count). The molecule has 0 spiro atoms. The third kappa shape index (κ3) is 4.00. The minimum absolute atomic E-state index is 0.0756. The first-order chi connectivity index (χ1) is 8.50. The minimum atomic E-state index is 0.0756. The van der Waals surface area contributed by atoms with Crippen LogP contribution in [0.3, 0.4) is 0 Å². The SMILES string of the molecule is CNCc1cccc(C(C)(C)C)c1OCCOC. The molecule has 0 bridgehead atoms. The maximum absolute atomic E-state index is 5.92. The van der Waals surface area contributed by atoms with Gasteiger partial charge in [0, 0.05) is 19.2 Å². The lowest BCUT2D eigenvalue weighted by Gasteiger charge is -2.25. The van der Waals surface area contributed by atoms with Crippen molar-refractivity contribution in [1.29, 1.82) is 0 Å². The Morgan fingerprint density at radius 2 is 1.89 bits per heavy atom. The third-order valence-corrected chi connectivity index (χ3v) is 2.81. The van der Waals surface area contributed by atoms with Crippen LogP contribution < -0.4 is 10.1 Å². The smallest absolute Gasteiger partial charge is 0.127 e. The molecule has 0 aliphatic carbocycles. The Kier molecular flexibility index (Phi) is 5.63. The first-order valence-electron chi connectivity index (χ1n) is 6.39. The van der Waals surface area contributed by atoms with E-state index in [1.807, 2.05) is 7.05 Å². The highest BCUT2D eigenvalue weighted by molar-refractivity contribution is 5.45. The Balaban J connectivity index is 3.04. The molecule has 1 aromatic rings. The normalized spacial score (nSPS) is 11.6. The van der Waals surface area contributed by atoms with E-state index in [2.05, 4.69) is 44.3 Å². The summed E-state index contributed by atoms with van der Waals surface area (Å²) in [7, 11) is 3.64. The predicted molar refractivity (Wildman–Crippen MR) is 75.3 cm³/mol. The fraction of sp³-hybridized carbons (Fsp3) is 0.600. The number of benzene rings is 1. The highest BCUT2D eigenvalue weighted by Crippen LogP contribution is 2.34. The van der Waals surface area contributed by atoms with Gasteiger partial charge in [0.05, 0.1) is 6.61 Å². The summed E-state index contributed by atoms with van der Waals surface area (Å²) in [6, 6.07) is 6.34. The van der Waals surface area contributed by atoms with Gasteiger partial charge in [-0.3, -0.25) is 0 Å². The number of ether oxygens (including phenoxy) is 2. The molecule has 0 fully saturated rings. The average Bonchev–Trinajstić information content (AvgIpc) is 2.30. The zero-order valence-electron chi connectivity index (χ0n) is 12.2. The fourth-order valence-electron chi connectivity index (χ4n) is 1.90. The largest absolute Gasteiger partial charge is 0.491 e. The number of hydrogen-bond donors (Lipinski definition) is 1. The fourth-order valence-corrected chi connectivity index (χ4v) is 1.90. The molecule has 3 nitrogen and oxygen atoms in total. The molecule has 0 unspecified atom stereocenters. The molecular formula is C15H25NO2. The van der Waals surface area contributed by atoms with E-state index in [4.69, 9.17) is 9.47 Å². The molecule has 0 aliphatic heterocycles. The van der Waals surface area contributed by atoms with E-state index in [0.717, 1.165) is 12.3 Å². The quantitative estimate of drug-likeness (QED) is 0.789. The molecule has 3 heteroatoms. The molecule has 0 saturated carbocycles. The first kappa shape index (κ1) is 15.0. The zero-order chi connectivity index (χ0) is 13.6. The molecule has 0 atom stereocenters. The van der Waals surface area contributed by atoms with E-state index in [-0.39, 0.29) is 5.41 Å². The third-order valence-electron chi connectivity index (χ3n) is 2.81. The van der Waals surface area contributed by atoms with Gasteiger partial charge in [-0.05, 0) is 18.0 Å². The molecule has 0 radical (unpaired) electrons. The summed E-state index contributed by atoms with van der Waals surface area (Å²) in [5, 5.41) is 3.18. The Bertz CT molecular complexity index is 369. The summed E-state index contributed by atoms with van der Waals surface area (Å²) < 4.78 is 11.0. The molecule has 0 saturated heterocycles. The van der Waals surface area contributed by atoms with Crippen LogP contribution in [-0.4, -0.2) is 27.4 Å². The van der Waals surface area contributed by atoms with Crippen LogP contribution in [0.5, 0.6) is 5.75 Å². The van der Waals surface area contributed by atoms with Crippen LogP contribution in [0.4, 0.5) is 0 Å². The highest BCUT2D eigenvalue weighted by Gasteiger charge is 2.20. The number of hydrogen-bond acceptors (Lipinski definition) is 3. The Morgan fingerprint density at radius 3 is 2.44 bits per heavy atom. The highest BCUT2D eigenvalue weighted by atomic mass is 16.5. The van der Waals surface area contributed by atoms with Gasteiger partial charge in [-0.15, -0.1) is 0 Å². The molecule has 0 amide bonds. The van der Waals surface area contributed by atoms with Crippen LogP contribution in [0.2, 0.25) is 0 Å². The molecule has 18 heavy (non-hydrogen) atoms. The molecule has 102 valence electrons. The maximum atomic E-state index is 5.92. The van der Waals surface area contributed by atoms with Crippen LogP contribution in [-0.2, 0) is 16.7 Å². The number of methoxy groups -OCH3 is 1. The molecule has 0 heterocycles. The van der Waals surface area contributed by atoms with Crippen LogP contribution in [0.1, 0.15) is 31.9 Å². The minimum Gasteiger partial charge on any atom is -0.491 e. The van der Waals surface area contributed by atoms with Crippen molar-refractivity contribution in [3.63, 3.8) is 0 Å². The van der Waals surface area contributed by atoms with Crippen LogP contribution in [0.15, 0.2) is 18.2 Å². The first-order valence-corrected chi connectivity index (χ1v) is 6.39. The lowest BCUT2D eigenvalue weighted by atomic mass is 9.85. The average molecular weight is 251 g/mol. The Morgan fingerprint density at radius 1 is 1.17 bits per heavy atom. The van der Waals surface area contributed by atoms with Gasteiger partial charge in [0.15, 0.2) is 0 Å². The van der Waals surface area contributed by atoms with Gasteiger partial charge < -0.3 is 14.8 Å². The molecular weight excluding hydrogens is 226 g/mol. The summed E-state index contributed by atoms with van der Waals surface area (Å²) in [5.41, 5.74) is 2.51. The van der Waals surface area contributed by atoms with Crippen molar-refractivity contribution in [1.82, 2.24) is 5.32 Å². The lowest BCUT2D eigenvalue weighted by Crippen LogP contribution is -2.17. The monoisotopic (exact) mass is 251 g/mol. The van der Waals surface area contributed by atoms with Gasteiger partial charge in [0.25, 0.3) is 0 Å². The van der Waals surface area contributed by atoms with Gasteiger partial charge >= 0.3 is 0 Å². The van der Waals surface area contributed by atoms with Gasteiger partial charge in [0.1, 0.15) is 12.4 Å². The molecule has 1 aromatic carbocycles. The van der Waals surface area contributed by atoms with Gasteiger partial charge in [-0.25, -0.2) is 0 Å². The second kappa shape index (κ2) is 6.76. The second-order valence-electron chi connectivity index (χ2n) is 5.42. The molecule has 0 aliphatic rings. The number of rotatable bonds is 6. The lowest BCUT2D eigenvalue weighted by molar-refractivity contribution is 0.144. The summed E-state index contributed by atoms with van der Waals surface area (Å²) in [6.07, 6.45) is 0. The number of para-hydroxylation sites is 1. The predicted octanol–water partition coefficient (Wildman–Crippen LogP) is 2.73. The van der Waals surface area contributed by atoms with Crippen molar-refractivity contribution in [2.45, 2.75) is 32.7 Å². The van der Waals surface area contributed by atoms with Crippen molar-refractivity contribution >= 4 is 0 Å². The summed E-state index contributed by atoms with van der Waals surface area (Å²) in [5.74, 6) is 0.997. The number of nitrogens with one attached hydrogen (secondary N) is 1. The van der Waals surface area contributed by atoms with Crippen molar-refractivity contribution in [2.24, 2.45) is 0 Å². The van der Waals surface area contributed by atoms with Gasteiger partial charge in [-0.2, -0.15) is 0 Å². The van der Waals surface area contributed by atoms with Crippen molar-refractivity contribution in [3.05, 3.63) is 29.3 Å². The zero-order valence-corrected chi connectivity index (χ0v) is 12.2. The van der Waals surface area contributed by atoms with Gasteiger partial charge in [0.2, 0.25) is 0 Å². The standard InChI is InChI=1S/C15H25NO2/c1-15(2,3)13-8-6-7-12(11-16-4)14(13)18-10-9-17-5/h6-8,16H,9-11H2,1-5H3. The Hall–Kier alpha value is -1.06. The van der Waals surface area contributed by atoms with E-state index in [9.17, 15) is 0 Å². The molecule has 0 aromatic heterocycles. The van der Waals surface area contributed by atoms with Crippen molar-refractivity contribution in [2.75, 3.05) is 27.4 Å². The van der Waals surface area contributed by atoms with E-state index in [0.29, 0.717) is 13.2 Å². The van der Waals surface area contributed by atoms with E-state index < -0.39 is 0 Å². The van der Waals surface area contributed by atoms with Gasteiger partial charge in [-0.1, -0.05) is 39.0 Å². The van der Waals surface area contributed by atoms with E-state index in [1.54, 1.807) is 7.11 Å².